The molecule has 2 aliphatic rings. The zero-order valence-corrected chi connectivity index (χ0v) is 15.1. The van der Waals surface area contributed by atoms with E-state index in [0.29, 0.717) is 24.2 Å². The molecule has 8 nitrogen and oxygen atoms in total. The molecule has 1 saturated heterocycles. The van der Waals surface area contributed by atoms with Crippen LogP contribution in [0.25, 0.3) is 0 Å². The normalized spacial score (nSPS) is 26.0. The summed E-state index contributed by atoms with van der Waals surface area (Å²) in [4.78, 5) is 35.4. The highest BCUT2D eigenvalue weighted by Gasteiger charge is 2.48. The van der Waals surface area contributed by atoms with E-state index in [2.05, 4.69) is 16.0 Å². The maximum absolute atomic E-state index is 12.2. The Morgan fingerprint density at radius 3 is 2.08 bits per heavy atom. The second-order valence-electron chi connectivity index (χ2n) is 6.81. The van der Waals surface area contributed by atoms with E-state index in [0.717, 1.165) is 0 Å². The molecule has 2 fully saturated rings. The van der Waals surface area contributed by atoms with Crippen molar-refractivity contribution in [2.75, 3.05) is 22.1 Å². The summed E-state index contributed by atoms with van der Waals surface area (Å²) in [5, 5.41) is 8.12. The van der Waals surface area contributed by atoms with Gasteiger partial charge in [-0.05, 0) is 37.1 Å². The molecule has 0 radical (unpaired) electrons. The second-order valence-corrected chi connectivity index (χ2v) is 9.03. The molecule has 3 rings (SSSR count). The van der Waals surface area contributed by atoms with Crippen LogP contribution in [0.3, 0.4) is 0 Å². The third-order valence-corrected chi connectivity index (χ3v) is 6.28. The summed E-state index contributed by atoms with van der Waals surface area (Å²) in [5.41, 5.74) is 1.21. The topological polar surface area (TPSA) is 121 Å². The van der Waals surface area contributed by atoms with E-state index in [1.54, 1.807) is 24.3 Å². The molecule has 1 aliphatic heterocycles. The predicted octanol–water partition coefficient (Wildman–Crippen LogP) is 0.523. The van der Waals surface area contributed by atoms with Gasteiger partial charge in [0.25, 0.3) is 0 Å². The number of carbonyl (C=O) groups is 3. The number of anilines is 2. The Morgan fingerprint density at radius 2 is 1.54 bits per heavy atom. The van der Waals surface area contributed by atoms with E-state index in [1.165, 1.54) is 6.92 Å². The first-order valence-electron chi connectivity index (χ1n) is 8.43. The fourth-order valence-corrected chi connectivity index (χ4v) is 4.74. The van der Waals surface area contributed by atoms with Crippen molar-refractivity contribution in [3.05, 3.63) is 24.3 Å². The lowest BCUT2D eigenvalue weighted by Gasteiger charge is -2.10. The lowest BCUT2D eigenvalue weighted by molar-refractivity contribution is -0.125. The number of carbonyl (C=O) groups excluding carboxylic acids is 3. The van der Waals surface area contributed by atoms with Crippen LogP contribution in [0.2, 0.25) is 0 Å². The van der Waals surface area contributed by atoms with Crippen molar-refractivity contribution in [1.82, 2.24) is 5.32 Å². The average molecular weight is 379 g/mol. The molecule has 9 heteroatoms. The maximum atomic E-state index is 12.2. The van der Waals surface area contributed by atoms with Gasteiger partial charge in [-0.15, -0.1) is 0 Å². The predicted molar refractivity (Wildman–Crippen MR) is 96.2 cm³/mol. The Hall–Kier alpha value is -2.42. The molecule has 0 spiro atoms. The van der Waals surface area contributed by atoms with E-state index in [4.69, 9.17) is 0 Å². The van der Waals surface area contributed by atoms with E-state index < -0.39 is 21.7 Å². The highest BCUT2D eigenvalue weighted by atomic mass is 32.2. The van der Waals surface area contributed by atoms with Gasteiger partial charge in [-0.25, -0.2) is 8.42 Å². The standard InChI is InChI=1S/C17H21N3O5S/c1-10(21)18-11-2-4-12(5-3-11)19-16(22)14-8-15(14)17(23)20-13-6-7-26(24,25)9-13/h2-5,13-15H,6-9H2,1H3,(H,18,21)(H,19,22)(H,20,23). The van der Waals surface area contributed by atoms with Crippen LogP contribution >= 0.6 is 0 Å². The monoisotopic (exact) mass is 379 g/mol. The van der Waals surface area contributed by atoms with Gasteiger partial charge in [0.15, 0.2) is 9.84 Å². The van der Waals surface area contributed by atoms with Gasteiger partial charge >= 0.3 is 0 Å². The van der Waals surface area contributed by atoms with Crippen molar-refractivity contribution in [3.63, 3.8) is 0 Å². The lowest BCUT2D eigenvalue weighted by Crippen LogP contribution is -2.37. The largest absolute Gasteiger partial charge is 0.352 e. The summed E-state index contributed by atoms with van der Waals surface area (Å²) < 4.78 is 22.9. The third-order valence-electron chi connectivity index (χ3n) is 4.52. The summed E-state index contributed by atoms with van der Waals surface area (Å²) in [5.74, 6) is -1.40. The molecule has 26 heavy (non-hydrogen) atoms. The fourth-order valence-electron chi connectivity index (χ4n) is 3.07. The number of hydrogen-bond acceptors (Lipinski definition) is 5. The molecule has 1 saturated carbocycles. The van der Waals surface area contributed by atoms with Crippen LogP contribution in [0.4, 0.5) is 11.4 Å². The smallest absolute Gasteiger partial charge is 0.228 e. The molecule has 3 N–H and O–H groups in total. The van der Waals surface area contributed by atoms with Crippen LogP contribution in [0, 0.1) is 11.8 Å². The first-order valence-corrected chi connectivity index (χ1v) is 10.2. The Kier molecular flexibility index (Phi) is 4.99. The van der Waals surface area contributed by atoms with Crippen LogP contribution in [0.5, 0.6) is 0 Å². The number of rotatable bonds is 5. The summed E-state index contributed by atoms with van der Waals surface area (Å²) in [6, 6.07) is 6.34. The Labute approximate surface area is 151 Å². The quantitative estimate of drug-likeness (QED) is 0.689. The van der Waals surface area contributed by atoms with E-state index in [1.807, 2.05) is 0 Å². The summed E-state index contributed by atoms with van der Waals surface area (Å²) in [6.07, 6.45) is 0.888. The maximum Gasteiger partial charge on any atom is 0.228 e. The minimum Gasteiger partial charge on any atom is -0.352 e. The zero-order chi connectivity index (χ0) is 18.9. The molecular weight excluding hydrogens is 358 g/mol. The summed E-state index contributed by atoms with van der Waals surface area (Å²) in [7, 11) is -3.05. The fraction of sp³-hybridized carbons (Fsp3) is 0.471. The van der Waals surface area contributed by atoms with Gasteiger partial charge in [-0.1, -0.05) is 0 Å². The van der Waals surface area contributed by atoms with Crippen molar-refractivity contribution in [1.29, 1.82) is 0 Å². The molecular formula is C17H21N3O5S. The van der Waals surface area contributed by atoms with E-state index >= 15 is 0 Å². The van der Waals surface area contributed by atoms with Gasteiger partial charge in [0.05, 0.1) is 23.3 Å². The van der Waals surface area contributed by atoms with Crippen LogP contribution in [-0.4, -0.2) is 43.7 Å². The minimum absolute atomic E-state index is 0.0248. The second kappa shape index (κ2) is 7.06. The third kappa shape index (κ3) is 4.60. The number of nitrogens with one attached hydrogen (secondary N) is 3. The molecule has 1 heterocycles. The van der Waals surface area contributed by atoms with Crippen LogP contribution in [-0.2, 0) is 24.2 Å². The molecule has 1 aromatic carbocycles. The van der Waals surface area contributed by atoms with Crippen LogP contribution in [0.15, 0.2) is 24.3 Å². The Bertz CT molecular complexity index is 834. The molecule has 1 aromatic rings. The minimum atomic E-state index is -3.05. The van der Waals surface area contributed by atoms with Gasteiger partial charge in [0.2, 0.25) is 17.7 Å². The SMILES string of the molecule is CC(=O)Nc1ccc(NC(=O)C2CC2C(=O)NC2CCS(=O)(=O)C2)cc1. The summed E-state index contributed by atoms with van der Waals surface area (Å²) >= 11 is 0. The van der Waals surface area contributed by atoms with Crippen molar-refractivity contribution in [2.45, 2.75) is 25.8 Å². The van der Waals surface area contributed by atoms with Crippen molar-refractivity contribution in [2.24, 2.45) is 11.8 Å². The number of sulfone groups is 1. The lowest BCUT2D eigenvalue weighted by atomic mass is 10.2. The van der Waals surface area contributed by atoms with E-state index in [-0.39, 0.29) is 35.3 Å². The Morgan fingerprint density at radius 1 is 0.962 bits per heavy atom. The van der Waals surface area contributed by atoms with Crippen molar-refractivity contribution < 1.29 is 22.8 Å². The van der Waals surface area contributed by atoms with Crippen molar-refractivity contribution >= 4 is 38.9 Å². The molecule has 140 valence electrons. The molecule has 0 bridgehead atoms. The van der Waals surface area contributed by atoms with Gasteiger partial charge < -0.3 is 16.0 Å². The highest BCUT2D eigenvalue weighted by molar-refractivity contribution is 7.91. The average Bonchev–Trinajstić information content (AvgIpc) is 3.28. The van der Waals surface area contributed by atoms with Gasteiger partial charge in [0.1, 0.15) is 0 Å². The zero-order valence-electron chi connectivity index (χ0n) is 14.3. The number of hydrogen-bond donors (Lipinski definition) is 3. The summed E-state index contributed by atoms with van der Waals surface area (Å²) in [6.45, 7) is 1.41. The van der Waals surface area contributed by atoms with Gasteiger partial charge in [0, 0.05) is 24.3 Å². The molecule has 0 aromatic heterocycles. The number of amides is 3. The first kappa shape index (κ1) is 18.4. The molecule has 3 amide bonds. The van der Waals surface area contributed by atoms with Crippen LogP contribution in [0.1, 0.15) is 19.8 Å². The molecule has 3 atom stereocenters. The first-order chi connectivity index (χ1) is 12.2. The molecule has 3 unspecified atom stereocenters. The van der Waals surface area contributed by atoms with Crippen molar-refractivity contribution in [3.8, 4) is 0 Å². The van der Waals surface area contributed by atoms with E-state index in [9.17, 15) is 22.8 Å². The van der Waals surface area contributed by atoms with Crippen LogP contribution < -0.4 is 16.0 Å². The van der Waals surface area contributed by atoms with Gasteiger partial charge in [-0.2, -0.15) is 0 Å². The highest BCUT2D eigenvalue weighted by Crippen LogP contribution is 2.39. The molecule has 1 aliphatic carbocycles. The Balaban J connectivity index is 1.48. The van der Waals surface area contributed by atoms with Gasteiger partial charge in [-0.3, -0.25) is 14.4 Å². The number of benzene rings is 1.